The molecule has 2 aromatic rings. The van der Waals surface area contributed by atoms with Crippen LogP contribution in [-0.4, -0.2) is 16.9 Å². The van der Waals surface area contributed by atoms with Crippen LogP contribution in [0.4, 0.5) is 10.5 Å². The smallest absolute Gasteiger partial charge is 0.319 e. The van der Waals surface area contributed by atoms with E-state index in [0.29, 0.717) is 24.7 Å². The van der Waals surface area contributed by atoms with E-state index in [-0.39, 0.29) is 17.9 Å². The van der Waals surface area contributed by atoms with Crippen LogP contribution in [0.1, 0.15) is 24.5 Å². The second-order valence-electron chi connectivity index (χ2n) is 6.40. The van der Waals surface area contributed by atoms with Crippen LogP contribution < -0.4 is 16.0 Å². The van der Waals surface area contributed by atoms with Gasteiger partial charge in [-0.15, -0.1) is 0 Å². The molecule has 0 unspecified atom stereocenters. The minimum absolute atomic E-state index is 0.112. The first-order valence-corrected chi connectivity index (χ1v) is 8.42. The van der Waals surface area contributed by atoms with Gasteiger partial charge in [-0.1, -0.05) is 19.1 Å². The maximum atomic E-state index is 12.0. The van der Waals surface area contributed by atoms with Crippen LogP contribution in [0.25, 0.3) is 0 Å². The second-order valence-corrected chi connectivity index (χ2v) is 6.40. The Morgan fingerprint density at radius 1 is 1.08 bits per heavy atom. The van der Waals surface area contributed by atoms with Gasteiger partial charge in [-0.25, -0.2) is 4.79 Å². The quantitative estimate of drug-likeness (QED) is 0.757. The first kappa shape index (κ1) is 17.0. The molecule has 2 atom stereocenters. The molecule has 6 nitrogen and oxygen atoms in total. The molecule has 1 saturated carbocycles. The molecule has 0 spiro atoms. The van der Waals surface area contributed by atoms with Gasteiger partial charge in [-0.05, 0) is 47.7 Å². The lowest BCUT2D eigenvalue weighted by molar-refractivity contribution is -0.122. The van der Waals surface area contributed by atoms with Crippen molar-refractivity contribution < 1.29 is 9.59 Å². The van der Waals surface area contributed by atoms with E-state index in [9.17, 15) is 9.59 Å². The van der Waals surface area contributed by atoms with Gasteiger partial charge in [0.15, 0.2) is 0 Å². The summed E-state index contributed by atoms with van der Waals surface area (Å²) in [5, 5.41) is 8.55. The molecular weight excluding hydrogens is 316 g/mol. The van der Waals surface area contributed by atoms with Crippen LogP contribution in [0.2, 0.25) is 0 Å². The first-order chi connectivity index (χ1) is 12.1. The van der Waals surface area contributed by atoms with Gasteiger partial charge < -0.3 is 16.0 Å². The molecule has 0 aliphatic heterocycles. The molecule has 1 aromatic carbocycles. The number of amides is 3. The Hall–Kier alpha value is -2.89. The Morgan fingerprint density at radius 3 is 2.52 bits per heavy atom. The predicted octanol–water partition coefficient (Wildman–Crippen LogP) is 2.68. The molecule has 130 valence electrons. The summed E-state index contributed by atoms with van der Waals surface area (Å²) in [4.78, 5) is 27.8. The summed E-state index contributed by atoms with van der Waals surface area (Å²) in [6.07, 6.45) is 4.36. The van der Waals surface area contributed by atoms with E-state index in [4.69, 9.17) is 0 Å². The highest BCUT2D eigenvalue weighted by molar-refractivity contribution is 5.89. The molecule has 6 heteroatoms. The molecule has 3 N–H and O–H groups in total. The standard InChI is InChI=1S/C19H22N4O2/c1-13-9-17(13)18(24)21-12-15-3-2-4-16(10-15)23-19(25)22-11-14-5-7-20-8-6-14/h2-8,10,13,17H,9,11-12H2,1H3,(H,21,24)(H2,22,23,25)/t13-,17+/m0/s1. The minimum atomic E-state index is -0.273. The largest absolute Gasteiger partial charge is 0.352 e. The Bertz CT molecular complexity index is 748. The van der Waals surface area contributed by atoms with E-state index in [2.05, 4.69) is 27.9 Å². The number of benzene rings is 1. The number of urea groups is 1. The maximum Gasteiger partial charge on any atom is 0.319 e. The average Bonchev–Trinajstić information content (AvgIpc) is 3.36. The molecule has 1 heterocycles. The van der Waals surface area contributed by atoms with Crippen molar-refractivity contribution in [1.29, 1.82) is 0 Å². The van der Waals surface area contributed by atoms with Crippen LogP contribution in [0.15, 0.2) is 48.8 Å². The SMILES string of the molecule is C[C@H]1C[C@H]1C(=O)NCc1cccc(NC(=O)NCc2ccncc2)c1. The average molecular weight is 338 g/mol. The van der Waals surface area contributed by atoms with Crippen molar-refractivity contribution in [2.24, 2.45) is 11.8 Å². The summed E-state index contributed by atoms with van der Waals surface area (Å²) in [6, 6.07) is 10.9. The lowest BCUT2D eigenvalue weighted by atomic mass is 10.2. The minimum Gasteiger partial charge on any atom is -0.352 e. The molecule has 1 aromatic heterocycles. The number of aromatic nitrogens is 1. The zero-order chi connectivity index (χ0) is 17.6. The molecule has 1 fully saturated rings. The molecule has 1 aliphatic rings. The highest BCUT2D eigenvalue weighted by atomic mass is 16.2. The zero-order valence-corrected chi connectivity index (χ0v) is 14.2. The summed E-state index contributed by atoms with van der Waals surface area (Å²) >= 11 is 0. The maximum absolute atomic E-state index is 12.0. The van der Waals surface area contributed by atoms with Crippen LogP contribution in [0, 0.1) is 11.8 Å². The third-order valence-corrected chi connectivity index (χ3v) is 4.30. The van der Waals surface area contributed by atoms with E-state index in [1.165, 1.54) is 0 Å². The van der Waals surface area contributed by atoms with Gasteiger partial charge in [0.2, 0.25) is 5.91 Å². The molecule has 0 saturated heterocycles. The van der Waals surface area contributed by atoms with Gasteiger partial charge in [-0.2, -0.15) is 0 Å². The van der Waals surface area contributed by atoms with Crippen molar-refractivity contribution in [3.05, 3.63) is 59.9 Å². The van der Waals surface area contributed by atoms with Gasteiger partial charge in [0.05, 0.1) is 0 Å². The highest BCUT2D eigenvalue weighted by Crippen LogP contribution is 2.37. The molecule has 0 bridgehead atoms. The summed E-state index contributed by atoms with van der Waals surface area (Å²) in [5.41, 5.74) is 2.63. The molecule has 1 aliphatic carbocycles. The van der Waals surface area contributed by atoms with Crippen LogP contribution in [0.3, 0.4) is 0 Å². The number of anilines is 1. The lowest BCUT2D eigenvalue weighted by Gasteiger charge is -2.10. The predicted molar refractivity (Wildman–Crippen MR) is 95.7 cm³/mol. The summed E-state index contributed by atoms with van der Waals surface area (Å²) in [5.74, 6) is 0.776. The second kappa shape index (κ2) is 7.79. The van der Waals surface area contributed by atoms with Gasteiger partial charge in [-0.3, -0.25) is 9.78 Å². The molecule has 3 rings (SSSR count). The molecular formula is C19H22N4O2. The topological polar surface area (TPSA) is 83.1 Å². The Labute approximate surface area is 147 Å². The van der Waals surface area contributed by atoms with Crippen LogP contribution in [0.5, 0.6) is 0 Å². The molecule has 25 heavy (non-hydrogen) atoms. The number of nitrogens with one attached hydrogen (secondary N) is 3. The van der Waals surface area contributed by atoms with Crippen molar-refractivity contribution in [2.45, 2.75) is 26.4 Å². The van der Waals surface area contributed by atoms with E-state index in [0.717, 1.165) is 17.5 Å². The number of hydrogen-bond donors (Lipinski definition) is 3. The first-order valence-electron chi connectivity index (χ1n) is 8.42. The third-order valence-electron chi connectivity index (χ3n) is 4.30. The van der Waals surface area contributed by atoms with Gasteiger partial charge in [0, 0.05) is 37.1 Å². The Kier molecular flexibility index (Phi) is 5.28. The van der Waals surface area contributed by atoms with E-state index < -0.39 is 0 Å². The summed E-state index contributed by atoms with van der Waals surface area (Å²) in [6.45, 7) is 2.99. The molecule has 3 amide bonds. The van der Waals surface area contributed by atoms with Crippen LogP contribution >= 0.6 is 0 Å². The van der Waals surface area contributed by atoms with Crippen molar-refractivity contribution in [2.75, 3.05) is 5.32 Å². The van der Waals surface area contributed by atoms with Gasteiger partial charge >= 0.3 is 6.03 Å². The number of hydrogen-bond acceptors (Lipinski definition) is 3. The van der Waals surface area contributed by atoms with Gasteiger partial charge in [0.1, 0.15) is 0 Å². The Balaban J connectivity index is 1.47. The normalized spacial score (nSPS) is 18.3. The fourth-order valence-corrected chi connectivity index (χ4v) is 2.63. The number of rotatable bonds is 6. The number of pyridine rings is 1. The van der Waals surface area contributed by atoms with Crippen molar-refractivity contribution >= 4 is 17.6 Å². The van der Waals surface area contributed by atoms with Crippen molar-refractivity contribution in [3.63, 3.8) is 0 Å². The molecule has 0 radical (unpaired) electrons. The summed E-state index contributed by atoms with van der Waals surface area (Å²) in [7, 11) is 0. The fraction of sp³-hybridized carbons (Fsp3) is 0.316. The highest BCUT2D eigenvalue weighted by Gasteiger charge is 2.38. The van der Waals surface area contributed by atoms with E-state index in [1.807, 2.05) is 36.4 Å². The third kappa shape index (κ3) is 5.04. The fourth-order valence-electron chi connectivity index (χ4n) is 2.63. The summed E-state index contributed by atoms with van der Waals surface area (Å²) < 4.78 is 0. The lowest BCUT2D eigenvalue weighted by Crippen LogP contribution is -2.28. The number of carbonyl (C=O) groups is 2. The van der Waals surface area contributed by atoms with Crippen molar-refractivity contribution in [3.8, 4) is 0 Å². The van der Waals surface area contributed by atoms with Crippen molar-refractivity contribution in [1.82, 2.24) is 15.6 Å². The van der Waals surface area contributed by atoms with Crippen LogP contribution in [-0.2, 0) is 17.9 Å². The monoisotopic (exact) mass is 338 g/mol. The Morgan fingerprint density at radius 2 is 1.80 bits per heavy atom. The number of nitrogens with zero attached hydrogens (tertiary/aromatic N) is 1. The zero-order valence-electron chi connectivity index (χ0n) is 14.2. The van der Waals surface area contributed by atoms with E-state index in [1.54, 1.807) is 12.4 Å². The van der Waals surface area contributed by atoms with Gasteiger partial charge in [0.25, 0.3) is 0 Å². The number of carbonyl (C=O) groups excluding carboxylic acids is 2. The van der Waals surface area contributed by atoms with E-state index >= 15 is 0 Å².